The number of aromatic nitrogens is 2. The third-order valence-electron chi connectivity index (χ3n) is 8.16. The Hall–Kier alpha value is -2.92. The highest BCUT2D eigenvalue weighted by molar-refractivity contribution is 5.80. The summed E-state index contributed by atoms with van der Waals surface area (Å²) in [6.45, 7) is 6.38. The number of hydrogen-bond acceptors (Lipinski definition) is 5. The summed E-state index contributed by atoms with van der Waals surface area (Å²) >= 11 is 0. The van der Waals surface area contributed by atoms with Crippen LogP contribution in [0.4, 0.5) is 4.39 Å². The fourth-order valence-electron chi connectivity index (χ4n) is 5.92. The summed E-state index contributed by atoms with van der Waals surface area (Å²) in [5, 5.41) is 3.36. The molecule has 3 aliphatic heterocycles. The predicted octanol–water partition coefficient (Wildman–Crippen LogP) is 5.32. The first kappa shape index (κ1) is 25.4. The van der Waals surface area contributed by atoms with Gasteiger partial charge in [0.25, 0.3) is 0 Å². The van der Waals surface area contributed by atoms with Crippen LogP contribution in [0.2, 0.25) is 0 Å². The first-order valence-corrected chi connectivity index (χ1v) is 14.0. The molecule has 1 aromatic carbocycles. The number of H-pyrrole nitrogens is 1. The van der Waals surface area contributed by atoms with Crippen molar-refractivity contribution < 1.29 is 18.6 Å². The van der Waals surface area contributed by atoms with Gasteiger partial charge in [0.1, 0.15) is 5.69 Å². The summed E-state index contributed by atoms with van der Waals surface area (Å²) in [4.78, 5) is 7.76. The summed E-state index contributed by atoms with van der Waals surface area (Å²) < 4.78 is 33.2. The Morgan fingerprint density at radius 3 is 2.76 bits per heavy atom. The Morgan fingerprint density at radius 2 is 1.92 bits per heavy atom. The lowest BCUT2D eigenvalue weighted by Gasteiger charge is -2.23. The van der Waals surface area contributed by atoms with Gasteiger partial charge in [-0.1, -0.05) is 30.9 Å². The number of nitrogens with one attached hydrogen (secondary N) is 2. The molecule has 3 saturated heterocycles. The van der Waals surface area contributed by atoms with Crippen molar-refractivity contribution in [3.8, 4) is 29.0 Å². The van der Waals surface area contributed by atoms with Crippen LogP contribution in [0.5, 0.6) is 5.88 Å². The Balaban J connectivity index is 1.09. The third-order valence-corrected chi connectivity index (χ3v) is 8.16. The van der Waals surface area contributed by atoms with Crippen LogP contribution in [0.3, 0.4) is 0 Å². The van der Waals surface area contributed by atoms with Crippen molar-refractivity contribution in [3.63, 3.8) is 0 Å². The normalized spacial score (nSPS) is 25.9. The Morgan fingerprint density at radius 1 is 1.08 bits per heavy atom. The number of nitrogens with zero attached hydrogens (tertiary/aromatic N) is 1. The van der Waals surface area contributed by atoms with Gasteiger partial charge in [-0.3, -0.25) is 0 Å². The molecular formula is C31H36FN3O3. The number of rotatable bonds is 5. The van der Waals surface area contributed by atoms with E-state index in [1.165, 1.54) is 6.07 Å². The molecule has 38 heavy (non-hydrogen) atoms. The fourth-order valence-corrected chi connectivity index (χ4v) is 5.92. The highest BCUT2D eigenvalue weighted by Gasteiger charge is 2.41. The molecule has 0 spiro atoms. The Kier molecular flexibility index (Phi) is 7.64. The highest BCUT2D eigenvalue weighted by Crippen LogP contribution is 2.35. The molecule has 0 saturated carbocycles. The van der Waals surface area contributed by atoms with Crippen molar-refractivity contribution in [2.45, 2.75) is 51.2 Å². The van der Waals surface area contributed by atoms with Gasteiger partial charge in [0.15, 0.2) is 11.7 Å². The largest absolute Gasteiger partial charge is 0.479 e. The number of benzene rings is 1. The zero-order chi connectivity index (χ0) is 25.9. The minimum atomic E-state index is -0.367. The summed E-state index contributed by atoms with van der Waals surface area (Å²) in [7, 11) is 0. The van der Waals surface area contributed by atoms with Crippen LogP contribution >= 0.6 is 0 Å². The average Bonchev–Trinajstić information content (AvgIpc) is 3.48. The van der Waals surface area contributed by atoms with Gasteiger partial charge in [-0.25, -0.2) is 9.37 Å². The molecule has 3 aromatic rings. The second kappa shape index (κ2) is 11.4. The van der Waals surface area contributed by atoms with E-state index in [9.17, 15) is 4.39 Å². The fraction of sp³-hybridized carbons (Fsp3) is 0.516. The molecule has 7 heteroatoms. The second-order valence-corrected chi connectivity index (χ2v) is 10.9. The van der Waals surface area contributed by atoms with Crippen LogP contribution in [-0.2, 0) is 9.47 Å². The lowest BCUT2D eigenvalue weighted by molar-refractivity contribution is -0.0222. The van der Waals surface area contributed by atoms with Gasteiger partial charge in [-0.05, 0) is 63.2 Å². The second-order valence-electron chi connectivity index (χ2n) is 10.9. The lowest BCUT2D eigenvalue weighted by Crippen LogP contribution is -2.33. The summed E-state index contributed by atoms with van der Waals surface area (Å²) in [5.41, 5.74) is 3.30. The molecule has 0 unspecified atom stereocenters. The predicted molar refractivity (Wildman–Crippen MR) is 145 cm³/mol. The molecule has 200 valence electrons. The number of pyridine rings is 1. The first-order chi connectivity index (χ1) is 18.6. The molecule has 5 heterocycles. The van der Waals surface area contributed by atoms with E-state index in [1.807, 2.05) is 30.3 Å². The van der Waals surface area contributed by atoms with E-state index < -0.39 is 0 Å². The zero-order valence-electron chi connectivity index (χ0n) is 22.0. The quantitative estimate of drug-likeness (QED) is 0.449. The van der Waals surface area contributed by atoms with Gasteiger partial charge in [-0.2, -0.15) is 0 Å². The molecule has 0 aliphatic carbocycles. The number of hydrogen-bond donors (Lipinski definition) is 2. The number of fused-ring (bicyclic) bond motifs is 2. The SMILES string of the molecule is C[C@@H]1CCCO[C@@H]2[C@H](CCOc3cc4nc(-c5ccc(C#CC6CCNCC6)cc5)c(F)cc4[nH]3)CO[C@@H]21. The van der Waals surface area contributed by atoms with E-state index in [0.29, 0.717) is 53.6 Å². The number of aromatic amines is 1. The van der Waals surface area contributed by atoms with Gasteiger partial charge in [0, 0.05) is 41.7 Å². The molecule has 0 amide bonds. The van der Waals surface area contributed by atoms with E-state index in [4.69, 9.17) is 14.2 Å². The van der Waals surface area contributed by atoms with Crippen molar-refractivity contribution in [1.29, 1.82) is 0 Å². The molecule has 2 N–H and O–H groups in total. The van der Waals surface area contributed by atoms with Crippen LogP contribution in [0.15, 0.2) is 36.4 Å². The standard InChI is InChI=1S/C31H36FN3O3/c1-20-3-2-15-37-31-24(19-38-30(20)31)12-16-36-28-18-27-26(34-28)17-25(32)29(35-27)23-8-6-21(7-9-23)4-5-22-10-13-33-14-11-22/h6-9,17-18,20,22,24,30-31,33-34H,2-3,10-16,19H2,1H3/t20-,24-,30-,31-/m1/s1. The Bertz CT molecular complexity index is 1310. The summed E-state index contributed by atoms with van der Waals surface area (Å²) in [6.07, 6.45) is 5.62. The Labute approximate surface area is 223 Å². The van der Waals surface area contributed by atoms with Crippen LogP contribution < -0.4 is 10.1 Å². The molecule has 3 fully saturated rings. The molecule has 2 aromatic heterocycles. The van der Waals surface area contributed by atoms with Crippen molar-refractivity contribution >= 4 is 11.0 Å². The van der Waals surface area contributed by atoms with Gasteiger partial charge < -0.3 is 24.5 Å². The van der Waals surface area contributed by atoms with Crippen molar-refractivity contribution in [2.24, 2.45) is 17.8 Å². The van der Waals surface area contributed by atoms with Gasteiger partial charge in [-0.15, -0.1) is 0 Å². The van der Waals surface area contributed by atoms with E-state index in [1.54, 1.807) is 0 Å². The molecule has 0 radical (unpaired) electrons. The maximum atomic E-state index is 15.0. The lowest BCUT2D eigenvalue weighted by atomic mass is 9.91. The van der Waals surface area contributed by atoms with Crippen molar-refractivity contribution in [2.75, 3.05) is 32.9 Å². The molecular weight excluding hydrogens is 481 g/mol. The first-order valence-electron chi connectivity index (χ1n) is 14.0. The monoisotopic (exact) mass is 517 g/mol. The maximum Gasteiger partial charge on any atom is 0.193 e. The van der Waals surface area contributed by atoms with E-state index in [-0.39, 0.29) is 18.0 Å². The molecule has 0 bridgehead atoms. The molecule has 3 aliphatic rings. The van der Waals surface area contributed by atoms with Crippen LogP contribution in [0, 0.1) is 35.4 Å². The third kappa shape index (κ3) is 5.58. The van der Waals surface area contributed by atoms with Crippen molar-refractivity contribution in [1.82, 2.24) is 15.3 Å². The number of piperidine rings is 1. The summed E-state index contributed by atoms with van der Waals surface area (Å²) in [5.74, 6) is 8.18. The molecule has 6 rings (SSSR count). The van der Waals surface area contributed by atoms with Crippen LogP contribution in [0.25, 0.3) is 22.3 Å². The summed E-state index contributed by atoms with van der Waals surface area (Å²) in [6, 6.07) is 11.0. The van der Waals surface area contributed by atoms with Gasteiger partial charge >= 0.3 is 0 Å². The minimum Gasteiger partial charge on any atom is -0.479 e. The maximum absolute atomic E-state index is 15.0. The van der Waals surface area contributed by atoms with Gasteiger partial charge in [0.2, 0.25) is 0 Å². The van der Waals surface area contributed by atoms with Crippen LogP contribution in [0.1, 0.15) is 44.6 Å². The van der Waals surface area contributed by atoms with Crippen LogP contribution in [-0.4, -0.2) is 55.1 Å². The number of halogens is 1. The number of ether oxygens (including phenoxy) is 3. The minimum absolute atomic E-state index is 0.152. The van der Waals surface area contributed by atoms with E-state index in [0.717, 1.165) is 62.9 Å². The van der Waals surface area contributed by atoms with E-state index in [2.05, 4.69) is 34.0 Å². The smallest absolute Gasteiger partial charge is 0.193 e. The average molecular weight is 518 g/mol. The molecule has 6 nitrogen and oxygen atoms in total. The zero-order valence-corrected chi connectivity index (χ0v) is 22.0. The van der Waals surface area contributed by atoms with Gasteiger partial charge in [0.05, 0.1) is 36.5 Å². The highest BCUT2D eigenvalue weighted by atomic mass is 19.1. The molecule has 4 atom stereocenters. The van der Waals surface area contributed by atoms with Crippen molar-refractivity contribution in [3.05, 3.63) is 47.8 Å². The van der Waals surface area contributed by atoms with E-state index >= 15 is 0 Å². The topological polar surface area (TPSA) is 68.4 Å².